The highest BCUT2D eigenvalue weighted by Gasteiger charge is 2.22. The Morgan fingerprint density at radius 1 is 1.43 bits per heavy atom. The smallest absolute Gasteiger partial charge is 0.243 e. The van der Waals surface area contributed by atoms with Gasteiger partial charge in [0.2, 0.25) is 10.0 Å². The van der Waals surface area contributed by atoms with E-state index in [1.165, 1.54) is 12.3 Å². The number of hydrogen-bond donors (Lipinski definition) is 2. The SMILES string of the molecule is C#CC(CCC)NS(=O)(=O)c1ccc(N)c2cccnc12. The molecular formula is C15H17N3O2S. The van der Waals surface area contributed by atoms with E-state index in [1.807, 2.05) is 6.92 Å². The molecule has 0 fully saturated rings. The van der Waals surface area contributed by atoms with E-state index >= 15 is 0 Å². The number of rotatable bonds is 5. The molecule has 110 valence electrons. The van der Waals surface area contributed by atoms with Gasteiger partial charge in [-0.15, -0.1) is 6.42 Å². The maximum absolute atomic E-state index is 12.5. The number of anilines is 1. The second-order valence-electron chi connectivity index (χ2n) is 4.68. The van der Waals surface area contributed by atoms with Gasteiger partial charge >= 0.3 is 0 Å². The predicted molar refractivity (Wildman–Crippen MR) is 84.0 cm³/mol. The van der Waals surface area contributed by atoms with Gasteiger partial charge in [0.15, 0.2) is 0 Å². The molecule has 1 heterocycles. The number of sulfonamides is 1. The maximum atomic E-state index is 12.5. The summed E-state index contributed by atoms with van der Waals surface area (Å²) in [5.41, 5.74) is 6.69. The second kappa shape index (κ2) is 6.12. The average molecular weight is 303 g/mol. The van der Waals surface area contributed by atoms with Gasteiger partial charge in [0.25, 0.3) is 0 Å². The van der Waals surface area contributed by atoms with E-state index in [2.05, 4.69) is 15.6 Å². The Bertz CT molecular complexity index is 794. The first-order valence-electron chi connectivity index (χ1n) is 6.61. The van der Waals surface area contributed by atoms with Gasteiger partial charge in [-0.1, -0.05) is 19.3 Å². The monoisotopic (exact) mass is 303 g/mol. The van der Waals surface area contributed by atoms with Crippen molar-refractivity contribution >= 4 is 26.6 Å². The molecule has 2 aromatic rings. The van der Waals surface area contributed by atoms with Gasteiger partial charge in [0, 0.05) is 17.3 Å². The van der Waals surface area contributed by atoms with E-state index in [4.69, 9.17) is 12.2 Å². The molecule has 0 saturated heterocycles. The Labute approximate surface area is 124 Å². The zero-order valence-corrected chi connectivity index (χ0v) is 12.5. The molecule has 1 aromatic carbocycles. The fraction of sp³-hybridized carbons (Fsp3) is 0.267. The third-order valence-electron chi connectivity index (χ3n) is 3.13. The summed E-state index contributed by atoms with van der Waals surface area (Å²) < 4.78 is 27.6. The van der Waals surface area contributed by atoms with Crippen molar-refractivity contribution in [3.8, 4) is 12.3 Å². The summed E-state index contributed by atoms with van der Waals surface area (Å²) >= 11 is 0. The van der Waals surface area contributed by atoms with E-state index in [-0.39, 0.29) is 4.90 Å². The molecule has 21 heavy (non-hydrogen) atoms. The van der Waals surface area contributed by atoms with Crippen molar-refractivity contribution in [2.75, 3.05) is 5.73 Å². The molecule has 0 aliphatic heterocycles. The molecule has 2 rings (SSSR count). The first-order valence-corrected chi connectivity index (χ1v) is 8.09. The number of pyridine rings is 1. The molecule has 0 amide bonds. The van der Waals surface area contributed by atoms with Crippen LogP contribution in [-0.4, -0.2) is 19.4 Å². The lowest BCUT2D eigenvalue weighted by Gasteiger charge is -2.14. The largest absolute Gasteiger partial charge is 0.398 e. The van der Waals surface area contributed by atoms with Gasteiger partial charge in [-0.05, 0) is 30.7 Å². The van der Waals surface area contributed by atoms with Crippen LogP contribution in [0.25, 0.3) is 10.9 Å². The van der Waals surface area contributed by atoms with Crippen LogP contribution in [0.4, 0.5) is 5.69 Å². The van der Waals surface area contributed by atoms with E-state index in [9.17, 15) is 8.42 Å². The van der Waals surface area contributed by atoms with Crippen molar-refractivity contribution in [3.05, 3.63) is 30.5 Å². The van der Waals surface area contributed by atoms with Crippen LogP contribution in [0.1, 0.15) is 19.8 Å². The number of nitrogens with one attached hydrogen (secondary N) is 1. The highest BCUT2D eigenvalue weighted by Crippen LogP contribution is 2.25. The standard InChI is InChI=1S/C15H17N3O2S/c1-3-6-11(4-2)18-21(19,20)14-9-8-13(16)12-7-5-10-17-15(12)14/h2,5,7-11,18H,3,6,16H2,1H3. The summed E-state index contributed by atoms with van der Waals surface area (Å²) in [6, 6.07) is 5.93. The quantitative estimate of drug-likeness (QED) is 0.652. The molecule has 1 unspecified atom stereocenters. The minimum Gasteiger partial charge on any atom is -0.398 e. The van der Waals surface area contributed by atoms with Gasteiger partial charge in [-0.3, -0.25) is 4.98 Å². The van der Waals surface area contributed by atoms with Crippen LogP contribution in [0.5, 0.6) is 0 Å². The number of nitrogens with zero attached hydrogens (tertiary/aromatic N) is 1. The fourth-order valence-corrected chi connectivity index (χ4v) is 3.45. The molecule has 3 N–H and O–H groups in total. The van der Waals surface area contributed by atoms with Gasteiger partial charge in [-0.2, -0.15) is 4.72 Å². The number of hydrogen-bond acceptors (Lipinski definition) is 4. The van der Waals surface area contributed by atoms with E-state index in [1.54, 1.807) is 18.2 Å². The maximum Gasteiger partial charge on any atom is 0.243 e. The summed E-state index contributed by atoms with van der Waals surface area (Å²) in [7, 11) is -3.75. The molecular weight excluding hydrogens is 286 g/mol. The molecule has 0 saturated carbocycles. The number of fused-ring (bicyclic) bond motifs is 1. The average Bonchev–Trinajstić information content (AvgIpc) is 2.47. The molecule has 0 bridgehead atoms. The molecule has 1 aromatic heterocycles. The van der Waals surface area contributed by atoms with Crippen LogP contribution in [0.15, 0.2) is 35.4 Å². The zero-order valence-electron chi connectivity index (χ0n) is 11.7. The van der Waals surface area contributed by atoms with E-state index in [0.717, 1.165) is 6.42 Å². The minimum absolute atomic E-state index is 0.0867. The lowest BCUT2D eigenvalue weighted by Crippen LogP contribution is -2.33. The molecule has 0 aliphatic carbocycles. The van der Waals surface area contributed by atoms with Crippen molar-refractivity contribution in [2.45, 2.75) is 30.7 Å². The predicted octanol–water partition coefficient (Wildman–Crippen LogP) is 1.90. The van der Waals surface area contributed by atoms with E-state index < -0.39 is 16.1 Å². The normalized spacial score (nSPS) is 13.0. The summed E-state index contributed by atoms with van der Waals surface area (Å²) in [5.74, 6) is 2.45. The van der Waals surface area contributed by atoms with Crippen LogP contribution in [0.2, 0.25) is 0 Å². The van der Waals surface area contributed by atoms with Crippen molar-refractivity contribution in [1.29, 1.82) is 0 Å². The van der Waals surface area contributed by atoms with Crippen LogP contribution >= 0.6 is 0 Å². The lowest BCUT2D eigenvalue weighted by molar-refractivity contribution is 0.565. The Hall–Kier alpha value is -2.10. The van der Waals surface area contributed by atoms with Crippen molar-refractivity contribution in [1.82, 2.24) is 9.71 Å². The minimum atomic E-state index is -3.75. The molecule has 0 radical (unpaired) electrons. The second-order valence-corrected chi connectivity index (χ2v) is 6.36. The molecule has 6 heteroatoms. The topological polar surface area (TPSA) is 85.1 Å². The number of benzene rings is 1. The van der Waals surface area contributed by atoms with Crippen LogP contribution in [0, 0.1) is 12.3 Å². The summed E-state index contributed by atoms with van der Waals surface area (Å²) in [6.07, 6.45) is 8.27. The Morgan fingerprint density at radius 2 is 2.19 bits per heavy atom. The molecule has 0 aliphatic rings. The lowest BCUT2D eigenvalue weighted by atomic mass is 10.2. The number of nitrogens with two attached hydrogens (primary N) is 1. The highest BCUT2D eigenvalue weighted by atomic mass is 32.2. The van der Waals surface area contributed by atoms with Gasteiger partial charge in [-0.25, -0.2) is 8.42 Å². The van der Waals surface area contributed by atoms with Crippen LogP contribution < -0.4 is 10.5 Å². The number of terminal acetylenes is 1. The third-order valence-corrected chi connectivity index (χ3v) is 4.64. The third kappa shape index (κ3) is 3.15. The van der Waals surface area contributed by atoms with Crippen LogP contribution in [0.3, 0.4) is 0 Å². The highest BCUT2D eigenvalue weighted by molar-refractivity contribution is 7.89. The van der Waals surface area contributed by atoms with Crippen molar-refractivity contribution in [2.24, 2.45) is 0 Å². The Kier molecular flexibility index (Phi) is 4.46. The summed E-state index contributed by atoms with van der Waals surface area (Å²) in [6.45, 7) is 1.94. The van der Waals surface area contributed by atoms with Crippen molar-refractivity contribution < 1.29 is 8.42 Å². The van der Waals surface area contributed by atoms with Crippen LogP contribution in [-0.2, 0) is 10.0 Å². The van der Waals surface area contributed by atoms with Gasteiger partial charge in [0.05, 0.1) is 11.6 Å². The molecule has 1 atom stereocenters. The van der Waals surface area contributed by atoms with Crippen molar-refractivity contribution in [3.63, 3.8) is 0 Å². The number of nitrogen functional groups attached to an aromatic ring is 1. The first-order chi connectivity index (χ1) is 9.99. The van der Waals surface area contributed by atoms with Gasteiger partial charge in [0.1, 0.15) is 4.90 Å². The zero-order chi connectivity index (χ0) is 15.5. The Balaban J connectivity index is 2.51. The Morgan fingerprint density at radius 3 is 2.86 bits per heavy atom. The summed E-state index contributed by atoms with van der Waals surface area (Å²) in [5, 5.41) is 0.605. The first kappa shape index (κ1) is 15.3. The fourth-order valence-electron chi connectivity index (χ4n) is 2.10. The van der Waals surface area contributed by atoms with Gasteiger partial charge < -0.3 is 5.73 Å². The molecule has 5 nitrogen and oxygen atoms in total. The number of aromatic nitrogens is 1. The molecule has 0 spiro atoms. The summed E-state index contributed by atoms with van der Waals surface area (Å²) in [4.78, 5) is 4.22. The van der Waals surface area contributed by atoms with E-state index in [0.29, 0.717) is 23.0 Å².